The van der Waals surface area contributed by atoms with E-state index in [1.54, 1.807) is 54.6 Å². The lowest BCUT2D eigenvalue weighted by atomic mass is 10.0. The molecular formula is C28H22BrN3O6. The number of ether oxygens (including phenoxy) is 1. The van der Waals surface area contributed by atoms with Crippen LogP contribution in [-0.2, 0) is 22.6 Å². The zero-order valence-corrected chi connectivity index (χ0v) is 21.9. The molecule has 0 bridgehead atoms. The number of barbiturate groups is 1. The molecule has 0 aromatic heterocycles. The number of rotatable bonds is 8. The highest BCUT2D eigenvalue weighted by Crippen LogP contribution is 2.34. The SMILES string of the molecule is C=CCc1cc(/C=C2\C(=O)NC(=O)N(c3ccc(C)cc3)C2=O)cc(Br)c1OCc1ccc([N+](=O)[O-])cc1. The van der Waals surface area contributed by atoms with Gasteiger partial charge in [0.15, 0.2) is 0 Å². The van der Waals surface area contributed by atoms with Crippen molar-refractivity contribution < 1.29 is 24.0 Å². The summed E-state index contributed by atoms with van der Waals surface area (Å²) >= 11 is 3.50. The van der Waals surface area contributed by atoms with Gasteiger partial charge in [-0.1, -0.05) is 23.8 Å². The van der Waals surface area contributed by atoms with Crippen molar-refractivity contribution in [2.45, 2.75) is 20.0 Å². The summed E-state index contributed by atoms with van der Waals surface area (Å²) in [7, 11) is 0. The van der Waals surface area contributed by atoms with E-state index < -0.39 is 22.8 Å². The summed E-state index contributed by atoms with van der Waals surface area (Å²) < 4.78 is 6.58. The Morgan fingerprint density at radius 2 is 1.76 bits per heavy atom. The smallest absolute Gasteiger partial charge is 0.335 e. The number of non-ortho nitro benzene ring substituents is 1. The molecule has 1 aliphatic heterocycles. The number of nitrogens with one attached hydrogen (secondary N) is 1. The predicted octanol–water partition coefficient (Wildman–Crippen LogP) is 5.64. The first-order valence-corrected chi connectivity index (χ1v) is 12.2. The monoisotopic (exact) mass is 575 g/mol. The average Bonchev–Trinajstić information content (AvgIpc) is 2.87. The molecule has 1 N–H and O–H groups in total. The maximum Gasteiger partial charge on any atom is 0.335 e. The fourth-order valence-corrected chi connectivity index (χ4v) is 4.48. The zero-order chi connectivity index (χ0) is 27.4. The third-order valence-corrected chi connectivity index (χ3v) is 6.33. The van der Waals surface area contributed by atoms with Gasteiger partial charge in [0.2, 0.25) is 0 Å². The molecule has 1 aliphatic rings. The summed E-state index contributed by atoms with van der Waals surface area (Å²) in [5, 5.41) is 13.1. The minimum absolute atomic E-state index is 0.0105. The highest BCUT2D eigenvalue weighted by molar-refractivity contribution is 9.10. The molecule has 0 aliphatic carbocycles. The van der Waals surface area contributed by atoms with E-state index in [2.05, 4.69) is 27.8 Å². The maximum absolute atomic E-state index is 13.2. The molecule has 4 rings (SSSR count). The van der Waals surface area contributed by atoms with E-state index in [0.717, 1.165) is 21.6 Å². The van der Waals surface area contributed by atoms with Crippen LogP contribution >= 0.6 is 15.9 Å². The Hall–Kier alpha value is -4.57. The number of nitro benzene ring substituents is 1. The van der Waals surface area contributed by atoms with Gasteiger partial charge in [0.05, 0.1) is 15.1 Å². The number of anilines is 1. The van der Waals surface area contributed by atoms with Gasteiger partial charge < -0.3 is 4.74 Å². The Labute approximate surface area is 226 Å². The Kier molecular flexibility index (Phi) is 7.82. The van der Waals surface area contributed by atoms with Crippen LogP contribution in [0.3, 0.4) is 0 Å². The summed E-state index contributed by atoms with van der Waals surface area (Å²) in [6.07, 6.45) is 3.54. The average molecular weight is 576 g/mol. The Morgan fingerprint density at radius 3 is 2.39 bits per heavy atom. The van der Waals surface area contributed by atoms with Crippen LogP contribution in [0, 0.1) is 17.0 Å². The zero-order valence-electron chi connectivity index (χ0n) is 20.3. The lowest BCUT2D eigenvalue weighted by molar-refractivity contribution is -0.384. The molecule has 1 saturated heterocycles. The first kappa shape index (κ1) is 26.5. The topological polar surface area (TPSA) is 119 Å². The van der Waals surface area contributed by atoms with Gasteiger partial charge in [0.25, 0.3) is 17.5 Å². The molecule has 0 atom stereocenters. The Bertz CT molecular complexity index is 1480. The molecule has 0 radical (unpaired) electrons. The van der Waals surface area contributed by atoms with Crippen LogP contribution < -0.4 is 15.0 Å². The van der Waals surface area contributed by atoms with Gasteiger partial charge in [-0.15, -0.1) is 6.58 Å². The maximum atomic E-state index is 13.2. The molecule has 0 saturated carbocycles. The number of carbonyl (C=O) groups excluding carboxylic acids is 3. The van der Waals surface area contributed by atoms with Crippen molar-refractivity contribution >= 4 is 51.2 Å². The number of halogens is 1. The second-order valence-electron chi connectivity index (χ2n) is 8.49. The van der Waals surface area contributed by atoms with E-state index in [4.69, 9.17) is 4.74 Å². The van der Waals surface area contributed by atoms with Gasteiger partial charge in [-0.25, -0.2) is 9.69 Å². The summed E-state index contributed by atoms with van der Waals surface area (Å²) in [5.74, 6) is -0.993. The van der Waals surface area contributed by atoms with Crippen molar-refractivity contribution in [1.29, 1.82) is 0 Å². The number of allylic oxidation sites excluding steroid dienone is 1. The summed E-state index contributed by atoms with van der Waals surface area (Å²) in [5.41, 5.74) is 3.11. The van der Waals surface area contributed by atoms with Gasteiger partial charge in [0, 0.05) is 12.1 Å². The van der Waals surface area contributed by atoms with Crippen molar-refractivity contribution in [2.75, 3.05) is 4.90 Å². The number of hydrogen-bond donors (Lipinski definition) is 1. The van der Waals surface area contributed by atoms with Crippen LogP contribution in [0.1, 0.15) is 22.3 Å². The van der Waals surface area contributed by atoms with Crippen LogP contribution in [0.5, 0.6) is 5.75 Å². The van der Waals surface area contributed by atoms with E-state index in [9.17, 15) is 24.5 Å². The fraction of sp³-hybridized carbons (Fsp3) is 0.107. The second-order valence-corrected chi connectivity index (χ2v) is 9.34. The normalized spacial score (nSPS) is 14.4. The highest BCUT2D eigenvalue weighted by Gasteiger charge is 2.36. The first-order chi connectivity index (χ1) is 18.2. The van der Waals surface area contributed by atoms with Gasteiger partial charge in [-0.05, 0) is 88.4 Å². The van der Waals surface area contributed by atoms with E-state index in [1.165, 1.54) is 18.2 Å². The van der Waals surface area contributed by atoms with Gasteiger partial charge >= 0.3 is 6.03 Å². The van der Waals surface area contributed by atoms with Crippen molar-refractivity contribution in [3.63, 3.8) is 0 Å². The van der Waals surface area contributed by atoms with E-state index >= 15 is 0 Å². The third-order valence-electron chi connectivity index (χ3n) is 5.74. The Morgan fingerprint density at radius 1 is 1.08 bits per heavy atom. The number of urea groups is 1. The molecule has 1 fully saturated rings. The third kappa shape index (κ3) is 5.70. The van der Waals surface area contributed by atoms with Crippen LogP contribution in [0.2, 0.25) is 0 Å². The number of benzene rings is 3. The second kappa shape index (κ2) is 11.2. The van der Waals surface area contributed by atoms with Crippen molar-refractivity contribution in [1.82, 2.24) is 5.32 Å². The van der Waals surface area contributed by atoms with Crippen molar-refractivity contribution in [3.8, 4) is 5.75 Å². The molecule has 3 aromatic rings. The molecule has 4 amide bonds. The molecule has 3 aromatic carbocycles. The van der Waals surface area contributed by atoms with Crippen LogP contribution in [-0.4, -0.2) is 22.8 Å². The number of hydrogen-bond acceptors (Lipinski definition) is 6. The minimum Gasteiger partial charge on any atom is -0.487 e. The predicted molar refractivity (Wildman–Crippen MR) is 146 cm³/mol. The van der Waals surface area contributed by atoms with Crippen molar-refractivity contribution in [2.24, 2.45) is 0 Å². The largest absolute Gasteiger partial charge is 0.487 e. The van der Waals surface area contributed by atoms with E-state index in [1.807, 2.05) is 6.92 Å². The summed E-state index contributed by atoms with van der Waals surface area (Å²) in [6, 6.07) is 15.5. The summed E-state index contributed by atoms with van der Waals surface area (Å²) in [6.45, 7) is 5.83. The van der Waals surface area contributed by atoms with Gasteiger partial charge in [-0.3, -0.25) is 25.0 Å². The fourth-order valence-electron chi connectivity index (χ4n) is 3.85. The van der Waals surface area contributed by atoms with Gasteiger partial charge in [-0.2, -0.15) is 0 Å². The molecule has 1 heterocycles. The molecule has 192 valence electrons. The molecular weight excluding hydrogens is 554 g/mol. The van der Waals surface area contributed by atoms with E-state index in [-0.39, 0.29) is 17.9 Å². The lowest BCUT2D eigenvalue weighted by Crippen LogP contribution is -2.54. The standard InChI is InChI=1S/C28H22BrN3O6/c1-3-4-20-13-19(15-24(29)25(20)38-16-18-7-11-22(12-8-18)32(36)37)14-23-26(33)30-28(35)31(27(23)34)21-9-5-17(2)6-10-21/h3,5-15H,1,4,16H2,2H3,(H,30,33,35)/b23-14+. The van der Waals surface area contributed by atoms with Crippen LogP contribution in [0.25, 0.3) is 6.08 Å². The summed E-state index contributed by atoms with van der Waals surface area (Å²) in [4.78, 5) is 49.6. The quantitative estimate of drug-likeness (QED) is 0.122. The molecule has 10 heteroatoms. The minimum atomic E-state index is -0.815. The Balaban J connectivity index is 1.63. The van der Waals surface area contributed by atoms with Crippen LogP contribution in [0.4, 0.5) is 16.2 Å². The van der Waals surface area contributed by atoms with Crippen LogP contribution in [0.15, 0.2) is 83.4 Å². The van der Waals surface area contributed by atoms with Gasteiger partial charge in [0.1, 0.15) is 17.9 Å². The molecule has 38 heavy (non-hydrogen) atoms. The van der Waals surface area contributed by atoms with E-state index in [0.29, 0.717) is 27.9 Å². The molecule has 9 nitrogen and oxygen atoms in total. The number of amides is 4. The number of imide groups is 2. The molecule has 0 spiro atoms. The highest BCUT2D eigenvalue weighted by atomic mass is 79.9. The first-order valence-electron chi connectivity index (χ1n) is 11.5. The number of carbonyl (C=O) groups is 3. The molecule has 0 unspecified atom stereocenters. The lowest BCUT2D eigenvalue weighted by Gasteiger charge is -2.26. The number of nitro groups is 1. The number of nitrogens with zero attached hydrogens (tertiary/aromatic N) is 2. The number of aryl methyl sites for hydroxylation is 1. The van der Waals surface area contributed by atoms with Crippen molar-refractivity contribution in [3.05, 3.63) is 116 Å².